The third kappa shape index (κ3) is 7.09. The van der Waals surface area contributed by atoms with E-state index in [1.165, 1.54) is 12.1 Å². The summed E-state index contributed by atoms with van der Waals surface area (Å²) in [7, 11) is 0. The number of hydrogen-bond acceptors (Lipinski definition) is 3. The normalized spacial score (nSPS) is 11.5. The summed E-state index contributed by atoms with van der Waals surface area (Å²) in [5, 5.41) is 2.96. The number of aromatic nitrogens is 1. The van der Waals surface area contributed by atoms with Gasteiger partial charge in [0.1, 0.15) is 11.9 Å². The van der Waals surface area contributed by atoms with Crippen molar-refractivity contribution in [3.8, 4) is 0 Å². The van der Waals surface area contributed by atoms with Crippen molar-refractivity contribution < 1.29 is 14.0 Å². The minimum absolute atomic E-state index is 0.154. The van der Waals surface area contributed by atoms with Gasteiger partial charge in [-0.1, -0.05) is 78.9 Å². The summed E-state index contributed by atoms with van der Waals surface area (Å²) in [5.41, 5.74) is 3.27. The zero-order chi connectivity index (χ0) is 25.2. The van der Waals surface area contributed by atoms with Gasteiger partial charge in [0.2, 0.25) is 11.8 Å². The third-order valence-corrected chi connectivity index (χ3v) is 5.91. The number of carbonyl (C=O) groups is 2. The quantitative estimate of drug-likeness (QED) is 0.357. The molecule has 0 radical (unpaired) electrons. The lowest BCUT2D eigenvalue weighted by molar-refractivity contribution is -0.140. The molecule has 0 saturated carbocycles. The summed E-state index contributed by atoms with van der Waals surface area (Å²) in [6.45, 7) is 0.433. The van der Waals surface area contributed by atoms with Crippen LogP contribution in [-0.4, -0.2) is 27.7 Å². The third-order valence-electron chi connectivity index (χ3n) is 5.91. The van der Waals surface area contributed by atoms with Gasteiger partial charge in [-0.15, -0.1) is 0 Å². The van der Waals surface area contributed by atoms with E-state index in [2.05, 4.69) is 10.3 Å². The Hall–Kier alpha value is -4.32. The Labute approximate surface area is 210 Å². The van der Waals surface area contributed by atoms with Crippen molar-refractivity contribution in [2.45, 2.75) is 32.0 Å². The van der Waals surface area contributed by atoms with Crippen molar-refractivity contribution in [2.75, 3.05) is 0 Å². The fourth-order valence-corrected chi connectivity index (χ4v) is 4.01. The Bertz CT molecular complexity index is 1250. The lowest BCUT2D eigenvalue weighted by Gasteiger charge is -2.31. The second kappa shape index (κ2) is 12.4. The lowest BCUT2D eigenvalue weighted by Crippen LogP contribution is -2.50. The van der Waals surface area contributed by atoms with Crippen molar-refractivity contribution in [3.05, 3.63) is 138 Å². The van der Waals surface area contributed by atoms with E-state index in [4.69, 9.17) is 0 Å². The molecule has 0 bridgehead atoms. The molecule has 0 fully saturated rings. The molecule has 0 aliphatic heterocycles. The maximum atomic E-state index is 13.7. The van der Waals surface area contributed by atoms with Gasteiger partial charge in [-0.3, -0.25) is 14.6 Å². The van der Waals surface area contributed by atoms with Crippen LogP contribution in [0.25, 0.3) is 0 Å². The number of nitrogens with zero attached hydrogens (tertiary/aromatic N) is 2. The van der Waals surface area contributed by atoms with Gasteiger partial charge in [-0.25, -0.2) is 4.39 Å². The zero-order valence-electron chi connectivity index (χ0n) is 19.9. The maximum absolute atomic E-state index is 13.7. The van der Waals surface area contributed by atoms with Crippen LogP contribution in [0.2, 0.25) is 0 Å². The highest BCUT2D eigenvalue weighted by atomic mass is 19.1. The first kappa shape index (κ1) is 24.8. The summed E-state index contributed by atoms with van der Waals surface area (Å²) in [5.74, 6) is -0.803. The molecule has 0 aliphatic rings. The van der Waals surface area contributed by atoms with Crippen LogP contribution in [-0.2, 0) is 35.5 Å². The molecule has 36 heavy (non-hydrogen) atoms. The van der Waals surface area contributed by atoms with Crippen LogP contribution in [0, 0.1) is 5.82 Å². The van der Waals surface area contributed by atoms with Crippen LogP contribution >= 0.6 is 0 Å². The molecule has 0 spiro atoms. The number of nitrogens with one attached hydrogen (secondary N) is 1. The molecule has 3 aromatic carbocycles. The van der Waals surface area contributed by atoms with E-state index in [0.29, 0.717) is 6.42 Å². The van der Waals surface area contributed by atoms with Gasteiger partial charge in [-0.05, 0) is 41.0 Å². The molecule has 0 saturated heterocycles. The van der Waals surface area contributed by atoms with Crippen molar-refractivity contribution in [1.82, 2.24) is 15.2 Å². The van der Waals surface area contributed by atoms with E-state index in [1.807, 2.05) is 78.9 Å². The summed E-state index contributed by atoms with van der Waals surface area (Å²) in [6.07, 6.45) is 2.17. The van der Waals surface area contributed by atoms with Gasteiger partial charge in [0.25, 0.3) is 0 Å². The summed E-state index contributed by atoms with van der Waals surface area (Å²) in [4.78, 5) is 33.1. The summed E-state index contributed by atoms with van der Waals surface area (Å²) in [6, 6.07) is 29.8. The van der Waals surface area contributed by atoms with Crippen molar-refractivity contribution in [3.63, 3.8) is 0 Å². The van der Waals surface area contributed by atoms with E-state index in [1.54, 1.807) is 23.2 Å². The van der Waals surface area contributed by atoms with Crippen LogP contribution in [0.4, 0.5) is 4.39 Å². The van der Waals surface area contributed by atoms with Gasteiger partial charge in [0.15, 0.2) is 0 Å². The Kier molecular flexibility index (Phi) is 8.54. The van der Waals surface area contributed by atoms with E-state index < -0.39 is 6.04 Å². The molecular formula is C30H28FN3O2. The smallest absolute Gasteiger partial charge is 0.243 e. The highest BCUT2D eigenvalue weighted by molar-refractivity contribution is 5.88. The number of amides is 2. The van der Waals surface area contributed by atoms with E-state index in [9.17, 15) is 14.0 Å². The van der Waals surface area contributed by atoms with Crippen LogP contribution in [0.1, 0.15) is 22.4 Å². The van der Waals surface area contributed by atoms with E-state index in [-0.39, 0.29) is 37.1 Å². The second-order valence-corrected chi connectivity index (χ2v) is 8.55. The Balaban J connectivity index is 1.63. The number of hydrogen-bond donors (Lipinski definition) is 1. The van der Waals surface area contributed by atoms with Gasteiger partial charge in [0, 0.05) is 19.2 Å². The first-order valence-electron chi connectivity index (χ1n) is 11.9. The van der Waals surface area contributed by atoms with E-state index >= 15 is 0 Å². The predicted molar refractivity (Wildman–Crippen MR) is 137 cm³/mol. The van der Waals surface area contributed by atoms with Gasteiger partial charge in [0.05, 0.1) is 18.7 Å². The van der Waals surface area contributed by atoms with Crippen molar-refractivity contribution in [1.29, 1.82) is 0 Å². The molecule has 2 amide bonds. The molecule has 4 rings (SSSR count). The zero-order valence-corrected chi connectivity index (χ0v) is 19.9. The van der Waals surface area contributed by atoms with Crippen LogP contribution < -0.4 is 5.32 Å². The van der Waals surface area contributed by atoms with Crippen LogP contribution in [0.15, 0.2) is 109 Å². The largest absolute Gasteiger partial charge is 0.349 e. The Morgan fingerprint density at radius 2 is 1.42 bits per heavy atom. The average molecular weight is 482 g/mol. The molecule has 5 nitrogen and oxygen atoms in total. The van der Waals surface area contributed by atoms with Crippen LogP contribution in [0.3, 0.4) is 0 Å². The fourth-order valence-electron chi connectivity index (χ4n) is 4.01. The monoisotopic (exact) mass is 481 g/mol. The maximum Gasteiger partial charge on any atom is 0.243 e. The highest BCUT2D eigenvalue weighted by Crippen LogP contribution is 2.17. The molecule has 1 heterocycles. The SMILES string of the molecule is O=C(NCc1ccccn1)C(Cc1ccccc1)N(Cc1ccc(F)cc1)C(=O)Cc1ccccc1. The molecular weight excluding hydrogens is 453 g/mol. The number of halogens is 1. The number of rotatable bonds is 10. The molecule has 1 N–H and O–H groups in total. The minimum atomic E-state index is -0.766. The van der Waals surface area contributed by atoms with Crippen LogP contribution in [0.5, 0.6) is 0 Å². The van der Waals surface area contributed by atoms with Gasteiger partial charge in [-0.2, -0.15) is 0 Å². The first-order chi connectivity index (χ1) is 17.6. The molecule has 6 heteroatoms. The lowest BCUT2D eigenvalue weighted by atomic mass is 10.0. The predicted octanol–water partition coefficient (Wildman–Crippen LogP) is 4.72. The fraction of sp³-hybridized carbons (Fsp3) is 0.167. The number of carbonyl (C=O) groups excluding carboxylic acids is 2. The topological polar surface area (TPSA) is 62.3 Å². The molecule has 4 aromatic rings. The number of benzene rings is 3. The summed E-state index contributed by atoms with van der Waals surface area (Å²) >= 11 is 0. The molecule has 182 valence electrons. The second-order valence-electron chi connectivity index (χ2n) is 8.55. The van der Waals surface area contributed by atoms with E-state index in [0.717, 1.165) is 22.4 Å². The molecule has 1 unspecified atom stereocenters. The molecule has 0 aliphatic carbocycles. The molecule has 1 aromatic heterocycles. The Morgan fingerprint density at radius 3 is 2.06 bits per heavy atom. The average Bonchev–Trinajstić information content (AvgIpc) is 2.92. The van der Waals surface area contributed by atoms with Crippen molar-refractivity contribution >= 4 is 11.8 Å². The van der Waals surface area contributed by atoms with Gasteiger partial charge >= 0.3 is 0 Å². The van der Waals surface area contributed by atoms with Crippen molar-refractivity contribution in [2.24, 2.45) is 0 Å². The highest BCUT2D eigenvalue weighted by Gasteiger charge is 2.30. The standard InChI is InChI=1S/C30H28FN3O2/c31-26-16-14-25(15-17-26)22-34(29(35)20-24-11-5-2-6-12-24)28(19-23-9-3-1-4-10-23)30(36)33-21-27-13-7-8-18-32-27/h1-18,28H,19-22H2,(H,33,36). The minimum Gasteiger partial charge on any atom is -0.349 e. The molecule has 1 atom stereocenters. The van der Waals surface area contributed by atoms with Gasteiger partial charge < -0.3 is 10.2 Å². The number of pyridine rings is 1. The Morgan fingerprint density at radius 1 is 0.778 bits per heavy atom. The summed E-state index contributed by atoms with van der Waals surface area (Å²) < 4.78 is 13.6. The first-order valence-corrected chi connectivity index (χ1v) is 11.9.